The molecule has 1 N–H and O–H groups in total. The number of carbonyl (C=O) groups is 2. The van der Waals surface area contributed by atoms with E-state index in [2.05, 4.69) is 18.8 Å². The SMILES string of the molecule is C=CC(=O)Nc1ccc2c3c(cccc13)C(=O)N2CCCC. The highest BCUT2D eigenvalue weighted by atomic mass is 16.2. The van der Waals surface area contributed by atoms with E-state index in [1.807, 2.05) is 35.2 Å². The smallest absolute Gasteiger partial charge is 0.258 e. The molecule has 2 aromatic rings. The van der Waals surface area contributed by atoms with Crippen LogP contribution < -0.4 is 10.2 Å². The molecule has 0 aliphatic carbocycles. The van der Waals surface area contributed by atoms with Crippen LogP contribution in [-0.4, -0.2) is 18.4 Å². The molecule has 0 radical (unpaired) electrons. The largest absolute Gasteiger partial charge is 0.322 e. The maximum absolute atomic E-state index is 12.6. The van der Waals surface area contributed by atoms with Gasteiger partial charge in [-0.25, -0.2) is 0 Å². The minimum absolute atomic E-state index is 0.0428. The molecule has 2 aromatic carbocycles. The van der Waals surface area contributed by atoms with Crippen molar-refractivity contribution in [1.82, 2.24) is 0 Å². The lowest BCUT2D eigenvalue weighted by Gasteiger charge is -2.17. The molecular formula is C18H18N2O2. The molecule has 3 rings (SSSR count). The Kier molecular flexibility index (Phi) is 3.67. The van der Waals surface area contributed by atoms with Gasteiger partial charge in [-0.3, -0.25) is 9.59 Å². The Morgan fingerprint density at radius 2 is 2.14 bits per heavy atom. The van der Waals surface area contributed by atoms with Gasteiger partial charge in [0.25, 0.3) is 5.91 Å². The van der Waals surface area contributed by atoms with Crippen molar-refractivity contribution in [3.8, 4) is 0 Å². The first-order valence-corrected chi connectivity index (χ1v) is 7.48. The van der Waals surface area contributed by atoms with Gasteiger partial charge >= 0.3 is 0 Å². The van der Waals surface area contributed by atoms with Gasteiger partial charge in [0.2, 0.25) is 5.91 Å². The second-order valence-corrected chi connectivity index (χ2v) is 5.36. The fraction of sp³-hybridized carbons (Fsp3) is 0.222. The Labute approximate surface area is 129 Å². The standard InChI is InChI=1S/C18H18N2O2/c1-3-5-11-20-15-10-9-14(19-16(21)4-2)12-7-6-8-13(17(12)15)18(20)22/h4,6-10H,2-3,5,11H2,1H3,(H,19,21). The van der Waals surface area contributed by atoms with Crippen LogP contribution in [-0.2, 0) is 4.79 Å². The van der Waals surface area contributed by atoms with Gasteiger partial charge in [0, 0.05) is 28.6 Å². The molecule has 0 spiro atoms. The third-order valence-electron chi connectivity index (χ3n) is 3.96. The third-order valence-corrected chi connectivity index (χ3v) is 3.96. The minimum atomic E-state index is -0.257. The van der Waals surface area contributed by atoms with Gasteiger partial charge in [-0.05, 0) is 30.7 Å². The van der Waals surface area contributed by atoms with Crippen LogP contribution in [0.5, 0.6) is 0 Å². The molecule has 1 aliphatic rings. The number of hydrogen-bond acceptors (Lipinski definition) is 2. The first-order chi connectivity index (χ1) is 10.7. The number of nitrogens with zero attached hydrogens (tertiary/aromatic N) is 1. The Morgan fingerprint density at radius 3 is 2.86 bits per heavy atom. The molecule has 0 saturated heterocycles. The maximum Gasteiger partial charge on any atom is 0.258 e. The molecule has 0 atom stereocenters. The van der Waals surface area contributed by atoms with E-state index in [-0.39, 0.29) is 11.8 Å². The lowest BCUT2D eigenvalue weighted by atomic mass is 10.0. The van der Waals surface area contributed by atoms with Crippen LogP contribution in [0.15, 0.2) is 43.0 Å². The number of hydrogen-bond donors (Lipinski definition) is 1. The summed E-state index contributed by atoms with van der Waals surface area (Å²) in [6.07, 6.45) is 3.24. The zero-order valence-corrected chi connectivity index (χ0v) is 12.6. The fourth-order valence-electron chi connectivity index (χ4n) is 2.88. The number of unbranched alkanes of at least 4 members (excludes halogenated alkanes) is 1. The van der Waals surface area contributed by atoms with Gasteiger partial charge in [-0.15, -0.1) is 0 Å². The molecule has 1 aliphatic heterocycles. The van der Waals surface area contributed by atoms with Crippen molar-refractivity contribution in [2.45, 2.75) is 19.8 Å². The van der Waals surface area contributed by atoms with Crippen molar-refractivity contribution in [1.29, 1.82) is 0 Å². The number of anilines is 2. The van der Waals surface area contributed by atoms with Gasteiger partial charge in [0.1, 0.15) is 0 Å². The first kappa shape index (κ1) is 14.3. The molecule has 0 bridgehead atoms. The second kappa shape index (κ2) is 5.64. The molecule has 0 aromatic heterocycles. The predicted octanol–water partition coefficient (Wildman–Crippen LogP) is 3.72. The average Bonchev–Trinajstić information content (AvgIpc) is 2.82. The van der Waals surface area contributed by atoms with E-state index >= 15 is 0 Å². The van der Waals surface area contributed by atoms with E-state index in [1.165, 1.54) is 6.08 Å². The van der Waals surface area contributed by atoms with E-state index in [1.54, 1.807) is 0 Å². The topological polar surface area (TPSA) is 49.4 Å². The van der Waals surface area contributed by atoms with Gasteiger partial charge in [0.15, 0.2) is 0 Å². The van der Waals surface area contributed by atoms with Crippen molar-refractivity contribution in [3.63, 3.8) is 0 Å². The van der Waals surface area contributed by atoms with Crippen LogP contribution in [0.4, 0.5) is 11.4 Å². The molecule has 2 amide bonds. The zero-order valence-electron chi connectivity index (χ0n) is 12.6. The highest BCUT2D eigenvalue weighted by Gasteiger charge is 2.29. The second-order valence-electron chi connectivity index (χ2n) is 5.36. The molecule has 112 valence electrons. The van der Waals surface area contributed by atoms with E-state index in [0.717, 1.165) is 35.8 Å². The molecule has 0 fully saturated rings. The lowest BCUT2D eigenvalue weighted by molar-refractivity contribution is -0.111. The Balaban J connectivity index is 2.13. The molecule has 4 nitrogen and oxygen atoms in total. The van der Waals surface area contributed by atoms with Crippen LogP contribution >= 0.6 is 0 Å². The Bertz CT molecular complexity index is 780. The van der Waals surface area contributed by atoms with Crippen molar-refractivity contribution >= 4 is 34.0 Å². The van der Waals surface area contributed by atoms with Crippen LogP contribution in [0.1, 0.15) is 30.1 Å². The summed E-state index contributed by atoms with van der Waals surface area (Å²) in [5.74, 6) is -0.214. The van der Waals surface area contributed by atoms with E-state index in [0.29, 0.717) is 11.3 Å². The Hall–Kier alpha value is -2.62. The van der Waals surface area contributed by atoms with Crippen molar-refractivity contribution < 1.29 is 9.59 Å². The summed E-state index contributed by atoms with van der Waals surface area (Å²) in [7, 11) is 0. The Morgan fingerprint density at radius 1 is 1.32 bits per heavy atom. The quantitative estimate of drug-likeness (QED) is 0.854. The van der Waals surface area contributed by atoms with Crippen LogP contribution in [0.25, 0.3) is 10.8 Å². The molecule has 22 heavy (non-hydrogen) atoms. The summed E-state index contributed by atoms with van der Waals surface area (Å²) in [5.41, 5.74) is 2.34. The summed E-state index contributed by atoms with van der Waals surface area (Å²) in [6.45, 7) is 6.30. The highest BCUT2D eigenvalue weighted by molar-refractivity contribution is 6.27. The van der Waals surface area contributed by atoms with E-state index < -0.39 is 0 Å². The van der Waals surface area contributed by atoms with Gasteiger partial charge in [-0.1, -0.05) is 32.1 Å². The molecule has 0 saturated carbocycles. The van der Waals surface area contributed by atoms with Crippen LogP contribution in [0.3, 0.4) is 0 Å². The zero-order chi connectivity index (χ0) is 15.7. The molecular weight excluding hydrogens is 276 g/mol. The van der Waals surface area contributed by atoms with Crippen molar-refractivity contribution in [3.05, 3.63) is 48.6 Å². The monoisotopic (exact) mass is 294 g/mol. The predicted molar refractivity (Wildman–Crippen MR) is 89.4 cm³/mol. The van der Waals surface area contributed by atoms with E-state index in [9.17, 15) is 9.59 Å². The average molecular weight is 294 g/mol. The molecule has 0 unspecified atom stereocenters. The van der Waals surface area contributed by atoms with Gasteiger partial charge in [0.05, 0.1) is 5.69 Å². The van der Waals surface area contributed by atoms with Crippen LogP contribution in [0, 0.1) is 0 Å². The summed E-state index contributed by atoms with van der Waals surface area (Å²) in [6, 6.07) is 9.38. The summed E-state index contributed by atoms with van der Waals surface area (Å²) < 4.78 is 0. The van der Waals surface area contributed by atoms with Gasteiger partial charge < -0.3 is 10.2 Å². The summed E-state index contributed by atoms with van der Waals surface area (Å²) >= 11 is 0. The summed E-state index contributed by atoms with van der Waals surface area (Å²) in [5, 5.41) is 4.61. The van der Waals surface area contributed by atoms with Crippen molar-refractivity contribution in [2.24, 2.45) is 0 Å². The maximum atomic E-state index is 12.6. The van der Waals surface area contributed by atoms with E-state index in [4.69, 9.17) is 0 Å². The lowest BCUT2D eigenvalue weighted by Crippen LogP contribution is -2.27. The van der Waals surface area contributed by atoms with Crippen LogP contribution in [0.2, 0.25) is 0 Å². The number of amides is 2. The first-order valence-electron chi connectivity index (χ1n) is 7.48. The normalized spacial score (nSPS) is 12.8. The summed E-state index contributed by atoms with van der Waals surface area (Å²) in [4.78, 5) is 26.0. The fourth-order valence-corrected chi connectivity index (χ4v) is 2.88. The van der Waals surface area contributed by atoms with Gasteiger partial charge in [-0.2, -0.15) is 0 Å². The third kappa shape index (κ3) is 2.17. The van der Waals surface area contributed by atoms with Crippen molar-refractivity contribution in [2.75, 3.05) is 16.8 Å². The number of carbonyl (C=O) groups excluding carboxylic acids is 2. The number of nitrogens with one attached hydrogen (secondary N) is 1. The molecule has 4 heteroatoms. The number of rotatable bonds is 5. The highest BCUT2D eigenvalue weighted by Crippen LogP contribution is 2.40. The molecule has 1 heterocycles. The minimum Gasteiger partial charge on any atom is -0.322 e. The number of benzene rings is 2.